The average molecular weight is 1180 g/mol. The quantitative estimate of drug-likeness (QED) is 0.0640. The van der Waals surface area contributed by atoms with Crippen molar-refractivity contribution in [3.63, 3.8) is 0 Å². The van der Waals surface area contributed by atoms with E-state index in [-0.39, 0.29) is 39.0 Å². The van der Waals surface area contributed by atoms with Crippen LogP contribution in [-0.4, -0.2) is 83.6 Å². The molecule has 0 amide bonds. The first-order chi connectivity index (χ1) is 39.4. The van der Waals surface area contributed by atoms with Gasteiger partial charge in [0.15, 0.2) is 22.7 Å². The fourth-order valence-electron chi connectivity index (χ4n) is 10.4. The topological polar surface area (TPSA) is 316 Å². The normalized spacial score (nSPS) is 20.9. The molecule has 24 nitrogen and oxygen atoms in total. The Hall–Kier alpha value is -10.3. The van der Waals surface area contributed by atoms with Gasteiger partial charge in [0.1, 0.15) is 11.9 Å². The predicted octanol–water partition coefficient (Wildman–Crippen LogP) is 8.32. The zero-order valence-corrected chi connectivity index (χ0v) is 49.1. The van der Waals surface area contributed by atoms with E-state index in [4.69, 9.17) is 30.6 Å². The summed E-state index contributed by atoms with van der Waals surface area (Å²) >= 11 is 0. The summed E-state index contributed by atoms with van der Waals surface area (Å²) in [6.45, 7) is 0. The van der Waals surface area contributed by atoms with Gasteiger partial charge in [-0.25, -0.2) is 29.9 Å². The summed E-state index contributed by atoms with van der Waals surface area (Å²) < 4.78 is 0. The smallest absolute Gasteiger partial charge is 0.383 e. The Bertz CT molecular complexity index is 3730. The van der Waals surface area contributed by atoms with Crippen molar-refractivity contribution in [2.45, 2.75) is 22.7 Å². The minimum absolute atomic E-state index is 0. The number of guanidine groups is 4. The summed E-state index contributed by atoms with van der Waals surface area (Å²) in [5.41, 5.74) is 4.26. The van der Waals surface area contributed by atoms with Gasteiger partial charge in [-0.15, -0.1) is 0 Å². The molecule has 0 fully saturated rings. The molecule has 8 aromatic heterocycles. The first-order valence-electron chi connectivity index (χ1n) is 25.4. The van der Waals surface area contributed by atoms with Gasteiger partial charge in [-0.3, -0.25) is 30.6 Å². The summed E-state index contributed by atoms with van der Waals surface area (Å²) in [7, 11) is 0. The predicted molar refractivity (Wildman–Crippen MR) is 305 cm³/mol. The van der Waals surface area contributed by atoms with Crippen LogP contribution in [0.3, 0.4) is 0 Å². The number of anilines is 4. The average Bonchev–Trinajstić information content (AvgIpc) is 2.57. The molecule has 0 saturated carbocycles. The van der Waals surface area contributed by atoms with E-state index in [9.17, 15) is 0 Å². The number of nitrogens with one attached hydrogen (secondary N) is 10. The molecule has 0 aliphatic carbocycles. The van der Waals surface area contributed by atoms with E-state index in [1.807, 2.05) is 170 Å². The van der Waals surface area contributed by atoms with Gasteiger partial charge >= 0.3 is 39.0 Å². The number of nitrogens with zero attached hydrogens (tertiary/aromatic N) is 14. The maximum Gasteiger partial charge on any atom is 2.00 e. The number of imidazole rings is 4. The minimum Gasteiger partial charge on any atom is -0.383 e. The molecule has 4 aromatic carbocycles. The van der Waals surface area contributed by atoms with Crippen LogP contribution in [0.4, 0.5) is 23.8 Å². The van der Waals surface area contributed by atoms with Crippen LogP contribution in [0.25, 0.3) is 54.8 Å². The number of rotatable bonds is 8. The van der Waals surface area contributed by atoms with Crippen molar-refractivity contribution in [3.05, 3.63) is 228 Å². The van der Waals surface area contributed by atoms with Crippen molar-refractivity contribution in [2.24, 2.45) is 20.0 Å². The maximum atomic E-state index is 5.08. The van der Waals surface area contributed by atoms with Gasteiger partial charge in [0, 0.05) is 36.7 Å². The maximum absolute atomic E-state index is 5.08. The van der Waals surface area contributed by atoms with Crippen LogP contribution < -0.4 is 31.9 Å². The van der Waals surface area contributed by atoms with Crippen molar-refractivity contribution in [1.82, 2.24) is 70.4 Å². The van der Waals surface area contributed by atoms with Crippen LogP contribution in [0, 0.1) is 0 Å². The third-order valence-corrected chi connectivity index (χ3v) is 13.8. The Kier molecular flexibility index (Phi) is 12.7. The Balaban J connectivity index is 0.000000150. The van der Waals surface area contributed by atoms with Crippen molar-refractivity contribution < 1.29 is 39.0 Å². The second kappa shape index (κ2) is 20.4. The molecule has 12 aromatic rings. The summed E-state index contributed by atoms with van der Waals surface area (Å²) in [5.74, 6) is 3.59. The molecule has 0 unspecified atom stereocenters. The Labute approximate surface area is 490 Å². The van der Waals surface area contributed by atoms with Gasteiger partial charge in [-0.2, -0.15) is 0 Å². The number of aromatic amines is 4. The van der Waals surface area contributed by atoms with E-state index in [1.165, 1.54) is 0 Å². The summed E-state index contributed by atoms with van der Waals surface area (Å²) in [6.07, 6.45) is 6.88. The standard InChI is InChI=1S/2C28H21N12.2Zn/c2*1-2-10-18-17(9-1)31-23(32-18)35-25-37-27(21-13-5-7-15-29-21)28(38-25,22-14-6-8-16-30-22)40-26(39-27)36-24-33-19-11-3-4-12-20(19)34-24;;/h2*1-16H,(H5-,31,32,33,34,35,36,37,38,39,40);;/q2*-1;2*+2/t2*27-,28+;;. The fourth-order valence-corrected chi connectivity index (χ4v) is 10.4. The van der Waals surface area contributed by atoms with Gasteiger partial charge in [0.05, 0.1) is 66.9 Å². The number of aromatic nitrogens is 12. The van der Waals surface area contributed by atoms with E-state index in [2.05, 4.69) is 91.7 Å². The Morgan fingerprint density at radius 3 is 0.915 bits per heavy atom. The number of H-pyrrole nitrogens is 4. The molecule has 4 aliphatic rings. The molecule has 0 spiro atoms. The van der Waals surface area contributed by atoms with Crippen molar-refractivity contribution in [1.29, 1.82) is 0 Å². The molecule has 0 radical (unpaired) electrons. The first kappa shape index (κ1) is 51.1. The largest absolute Gasteiger partial charge is 2.00 e. The van der Waals surface area contributed by atoms with E-state index in [0.717, 1.165) is 44.1 Å². The SMILES string of the molecule is [Zn+2].[Zn+2].c1ccc([C@]23N=C(Nc4nc5ccccc5[nH]4)N[C@@]2(c2ccccn2)N=C(Nc2nc4ccccc4[nH]2)[N-]3)nc1.c1ccc([C@]23N=C(Nc4nc5ccccc5[nH]4)N[C@@]2(c2ccccn2)N=C(Nc2nc4ccccc4[nH]2)[N-]3)nc1. The van der Waals surface area contributed by atoms with E-state index >= 15 is 0 Å². The van der Waals surface area contributed by atoms with E-state index in [0.29, 0.717) is 70.4 Å². The number of fused-ring (bicyclic) bond motifs is 6. The van der Waals surface area contributed by atoms with Gasteiger partial charge in [0.2, 0.25) is 23.8 Å². The molecule has 16 rings (SSSR count). The van der Waals surface area contributed by atoms with Gasteiger partial charge in [-0.1, -0.05) is 72.8 Å². The number of hydrogen-bond acceptors (Lipinski definition) is 18. The molecule has 82 heavy (non-hydrogen) atoms. The van der Waals surface area contributed by atoms with Crippen LogP contribution in [0.1, 0.15) is 22.8 Å². The second-order valence-corrected chi connectivity index (χ2v) is 18.8. The molecule has 4 atom stereocenters. The van der Waals surface area contributed by atoms with Crippen LogP contribution in [0.2, 0.25) is 0 Å². The van der Waals surface area contributed by atoms with Gasteiger partial charge in [-0.05, 0) is 97.1 Å². The second-order valence-electron chi connectivity index (χ2n) is 18.8. The third kappa shape index (κ3) is 8.59. The zero-order chi connectivity index (χ0) is 53.1. The molecule has 10 N–H and O–H groups in total. The number of benzene rings is 4. The van der Waals surface area contributed by atoms with Gasteiger partial charge in [0.25, 0.3) is 0 Å². The van der Waals surface area contributed by atoms with E-state index in [1.54, 1.807) is 24.8 Å². The Morgan fingerprint density at radius 2 is 0.610 bits per heavy atom. The molecule has 4 aliphatic heterocycles. The summed E-state index contributed by atoms with van der Waals surface area (Å²) in [5, 5.41) is 30.1. The Morgan fingerprint density at radius 1 is 0.317 bits per heavy atom. The van der Waals surface area contributed by atoms with Crippen molar-refractivity contribution in [2.75, 3.05) is 21.3 Å². The number of hydrogen-bond donors (Lipinski definition) is 10. The number of para-hydroxylation sites is 8. The molecule has 0 saturated heterocycles. The van der Waals surface area contributed by atoms with Gasteiger partial charge < -0.3 is 61.8 Å². The van der Waals surface area contributed by atoms with Crippen LogP contribution in [0.5, 0.6) is 0 Å². The third-order valence-electron chi connectivity index (χ3n) is 13.8. The summed E-state index contributed by atoms with van der Waals surface area (Å²) in [6, 6.07) is 53.8. The number of pyridine rings is 4. The molecule has 12 heterocycles. The minimum atomic E-state index is -1.31. The van der Waals surface area contributed by atoms with Crippen LogP contribution in [0.15, 0.2) is 215 Å². The van der Waals surface area contributed by atoms with E-state index < -0.39 is 22.7 Å². The molecule has 388 valence electrons. The van der Waals surface area contributed by atoms with Crippen LogP contribution in [-0.2, 0) is 61.6 Å². The summed E-state index contributed by atoms with van der Waals surface area (Å²) in [4.78, 5) is 70.7. The zero-order valence-electron chi connectivity index (χ0n) is 43.2. The number of aliphatic imine (C=N–C) groups is 4. The monoisotopic (exact) mass is 1180 g/mol. The van der Waals surface area contributed by atoms with Crippen molar-refractivity contribution in [3.8, 4) is 0 Å². The molecular formula is C56H42N24Zn2+2. The van der Waals surface area contributed by atoms with Crippen molar-refractivity contribution >= 4 is 91.8 Å². The molecule has 0 bridgehead atoms. The fraction of sp³-hybridized carbons (Fsp3) is 0.0714. The molecule has 26 heteroatoms. The van der Waals surface area contributed by atoms with Crippen LogP contribution >= 0.6 is 0 Å². The first-order valence-corrected chi connectivity index (χ1v) is 25.4. The molecular weight excluding hydrogens is 1140 g/mol.